The van der Waals surface area contributed by atoms with Crippen LogP contribution in [0.3, 0.4) is 0 Å². The van der Waals surface area contributed by atoms with Crippen molar-refractivity contribution in [3.63, 3.8) is 0 Å². The lowest BCUT2D eigenvalue weighted by Crippen LogP contribution is -2.12. The van der Waals surface area contributed by atoms with Crippen molar-refractivity contribution >= 4 is 38.9 Å². The van der Waals surface area contributed by atoms with Gasteiger partial charge in [-0.15, -0.1) is 0 Å². The minimum absolute atomic E-state index is 0.0259. The third-order valence-electron chi connectivity index (χ3n) is 2.42. The minimum Gasteiger partial charge on any atom is -0.271 e. The molecule has 0 bridgehead atoms. The van der Waals surface area contributed by atoms with E-state index in [4.69, 9.17) is 11.6 Å². The van der Waals surface area contributed by atoms with Gasteiger partial charge in [0.25, 0.3) is 0 Å². The summed E-state index contributed by atoms with van der Waals surface area (Å²) in [4.78, 5) is 12.9. The summed E-state index contributed by atoms with van der Waals surface area (Å²) in [6.07, 6.45) is 0. The van der Waals surface area contributed by atoms with Crippen LogP contribution >= 0.6 is 38.9 Å². The number of benzene rings is 1. The zero-order valence-corrected chi connectivity index (χ0v) is 11.9. The smallest absolute Gasteiger partial charge is 0.271 e. The lowest BCUT2D eigenvalue weighted by molar-refractivity contribution is 0.966. The van der Waals surface area contributed by atoms with Crippen LogP contribution in [0.15, 0.2) is 27.5 Å². The van der Waals surface area contributed by atoms with Crippen molar-refractivity contribution in [1.29, 1.82) is 0 Å². The summed E-state index contributed by atoms with van der Waals surface area (Å²) in [5.74, 6) is 0. The Balaban J connectivity index is 2.72. The number of nitrogens with zero attached hydrogens (tertiary/aromatic N) is 1. The molecule has 0 saturated heterocycles. The summed E-state index contributed by atoms with van der Waals surface area (Å²) < 4.78 is 2.52. The highest BCUT2D eigenvalue weighted by Crippen LogP contribution is 2.26. The molecule has 0 radical (unpaired) electrons. The normalized spacial score (nSPS) is 10.8. The maximum atomic E-state index is 11.8. The molecule has 16 heavy (non-hydrogen) atoms. The molecule has 2 rings (SSSR count). The number of aromatic nitrogens is 1. The Hall–Kier alpha value is -0.580. The molecule has 5 heteroatoms. The second-order valence-corrected chi connectivity index (χ2v) is 5.90. The molecule has 0 aliphatic rings. The Morgan fingerprint density at radius 1 is 1.38 bits per heavy atom. The van der Waals surface area contributed by atoms with Crippen LogP contribution in [0.2, 0.25) is 5.02 Å². The van der Waals surface area contributed by atoms with Gasteiger partial charge in [-0.3, -0.25) is 9.36 Å². The van der Waals surface area contributed by atoms with Gasteiger partial charge in [0, 0.05) is 20.1 Å². The molecule has 1 aromatic heterocycles. The molecule has 1 heterocycles. The lowest BCUT2D eigenvalue weighted by atomic mass is 10.3. The van der Waals surface area contributed by atoms with Crippen molar-refractivity contribution in [2.24, 2.45) is 0 Å². The molecule has 0 atom stereocenters. The summed E-state index contributed by atoms with van der Waals surface area (Å²) in [6, 6.07) is 5.41. The Labute approximate surface area is 111 Å². The monoisotopic (exact) mass is 317 g/mol. The van der Waals surface area contributed by atoms with E-state index >= 15 is 0 Å². The van der Waals surface area contributed by atoms with Gasteiger partial charge in [0.2, 0.25) is 0 Å². The van der Waals surface area contributed by atoms with Crippen molar-refractivity contribution in [2.75, 3.05) is 0 Å². The van der Waals surface area contributed by atoms with E-state index in [9.17, 15) is 4.79 Å². The standard InChI is InChI=1S/C11H9BrClNOS/c1-6-7(2)16-11(15)14(6)10-4-3-8(13)5-9(10)12/h3-5H,1-2H3. The summed E-state index contributed by atoms with van der Waals surface area (Å²) in [7, 11) is 0. The van der Waals surface area contributed by atoms with E-state index in [0.29, 0.717) is 5.02 Å². The van der Waals surface area contributed by atoms with E-state index in [1.54, 1.807) is 16.7 Å². The van der Waals surface area contributed by atoms with Crippen LogP contribution in [0.5, 0.6) is 0 Å². The molecular formula is C11H9BrClNOS. The predicted octanol–water partition coefficient (Wildman–Crippen LogP) is 3.93. The number of halogens is 2. The highest BCUT2D eigenvalue weighted by atomic mass is 79.9. The van der Waals surface area contributed by atoms with E-state index in [0.717, 1.165) is 20.7 Å². The molecule has 0 amide bonds. The van der Waals surface area contributed by atoms with Gasteiger partial charge in [-0.25, -0.2) is 0 Å². The SMILES string of the molecule is Cc1sc(=O)n(-c2ccc(Cl)cc2Br)c1C. The zero-order chi connectivity index (χ0) is 11.9. The summed E-state index contributed by atoms with van der Waals surface area (Å²) in [5.41, 5.74) is 1.80. The third kappa shape index (κ3) is 1.97. The third-order valence-corrected chi connectivity index (χ3v) is 4.25. The van der Waals surface area contributed by atoms with Crippen molar-refractivity contribution in [1.82, 2.24) is 4.57 Å². The van der Waals surface area contributed by atoms with Gasteiger partial charge in [-0.05, 0) is 48.0 Å². The number of hydrogen-bond donors (Lipinski definition) is 0. The van der Waals surface area contributed by atoms with Gasteiger partial charge >= 0.3 is 4.87 Å². The van der Waals surface area contributed by atoms with E-state index in [1.165, 1.54) is 11.3 Å². The fraction of sp³-hybridized carbons (Fsp3) is 0.182. The van der Waals surface area contributed by atoms with Gasteiger partial charge in [-0.2, -0.15) is 0 Å². The van der Waals surface area contributed by atoms with Crippen LogP contribution in [-0.2, 0) is 0 Å². The maximum absolute atomic E-state index is 11.8. The lowest BCUT2D eigenvalue weighted by Gasteiger charge is -2.07. The Kier molecular flexibility index (Phi) is 3.24. The van der Waals surface area contributed by atoms with E-state index in [1.807, 2.05) is 19.9 Å². The molecule has 0 aliphatic carbocycles. The Morgan fingerprint density at radius 3 is 2.56 bits per heavy atom. The van der Waals surface area contributed by atoms with E-state index in [2.05, 4.69) is 15.9 Å². The quantitative estimate of drug-likeness (QED) is 0.781. The molecule has 0 spiro atoms. The average Bonchev–Trinajstić information content (AvgIpc) is 2.43. The topological polar surface area (TPSA) is 22.0 Å². The first-order chi connectivity index (χ1) is 7.50. The van der Waals surface area contributed by atoms with Crippen molar-refractivity contribution in [3.8, 4) is 5.69 Å². The van der Waals surface area contributed by atoms with E-state index in [-0.39, 0.29) is 4.87 Å². The average molecular weight is 319 g/mol. The Bertz CT molecular complexity index is 603. The van der Waals surface area contributed by atoms with E-state index < -0.39 is 0 Å². The second-order valence-electron chi connectivity index (χ2n) is 3.44. The van der Waals surface area contributed by atoms with Gasteiger partial charge in [-0.1, -0.05) is 22.9 Å². The van der Waals surface area contributed by atoms with Crippen molar-refractivity contribution in [2.45, 2.75) is 13.8 Å². The second kappa shape index (κ2) is 4.35. The van der Waals surface area contributed by atoms with Gasteiger partial charge in [0.1, 0.15) is 0 Å². The number of aryl methyl sites for hydroxylation is 1. The molecular weight excluding hydrogens is 310 g/mol. The number of hydrogen-bond acceptors (Lipinski definition) is 2. The molecule has 2 aromatic rings. The number of thiazole rings is 1. The van der Waals surface area contributed by atoms with Crippen molar-refractivity contribution < 1.29 is 0 Å². The van der Waals surface area contributed by atoms with Crippen LogP contribution in [-0.4, -0.2) is 4.57 Å². The van der Waals surface area contributed by atoms with Crippen LogP contribution in [0, 0.1) is 13.8 Å². The predicted molar refractivity (Wildman–Crippen MR) is 72.1 cm³/mol. The highest BCUT2D eigenvalue weighted by Gasteiger charge is 2.11. The summed E-state index contributed by atoms with van der Waals surface area (Å²) in [6.45, 7) is 3.88. The Morgan fingerprint density at radius 2 is 2.06 bits per heavy atom. The molecule has 2 nitrogen and oxygen atoms in total. The summed E-state index contributed by atoms with van der Waals surface area (Å²) in [5, 5.41) is 0.647. The molecule has 1 aromatic carbocycles. The molecule has 0 aliphatic heterocycles. The molecule has 0 saturated carbocycles. The van der Waals surface area contributed by atoms with Crippen LogP contribution in [0.4, 0.5) is 0 Å². The van der Waals surface area contributed by atoms with Crippen LogP contribution in [0.25, 0.3) is 5.69 Å². The fourth-order valence-electron chi connectivity index (χ4n) is 1.49. The van der Waals surface area contributed by atoms with Gasteiger partial charge in [0.05, 0.1) is 5.69 Å². The largest absolute Gasteiger partial charge is 0.312 e. The zero-order valence-electron chi connectivity index (χ0n) is 8.75. The van der Waals surface area contributed by atoms with Crippen LogP contribution in [0.1, 0.15) is 10.6 Å². The van der Waals surface area contributed by atoms with Gasteiger partial charge in [0.15, 0.2) is 0 Å². The number of rotatable bonds is 1. The first-order valence-corrected chi connectivity index (χ1v) is 6.64. The highest BCUT2D eigenvalue weighted by molar-refractivity contribution is 9.10. The first kappa shape index (κ1) is 11.9. The molecule has 0 N–H and O–H groups in total. The molecule has 0 fully saturated rings. The van der Waals surface area contributed by atoms with Crippen molar-refractivity contribution in [3.05, 3.63) is 47.9 Å². The molecule has 84 valence electrons. The first-order valence-electron chi connectivity index (χ1n) is 4.65. The van der Waals surface area contributed by atoms with Crippen LogP contribution < -0.4 is 4.87 Å². The maximum Gasteiger partial charge on any atom is 0.312 e. The minimum atomic E-state index is 0.0259. The summed E-state index contributed by atoms with van der Waals surface area (Å²) >= 11 is 10.6. The fourth-order valence-corrected chi connectivity index (χ4v) is 3.17. The van der Waals surface area contributed by atoms with Gasteiger partial charge < -0.3 is 0 Å². The molecule has 0 unspecified atom stereocenters.